The Labute approximate surface area is 418 Å². The van der Waals surface area contributed by atoms with Gasteiger partial charge in [-0.15, -0.1) is 6.58 Å². The molecule has 0 bridgehead atoms. The van der Waals surface area contributed by atoms with E-state index < -0.39 is 6.04 Å². The lowest BCUT2D eigenvalue weighted by Gasteiger charge is -2.46. The number of anilines is 7. The zero-order chi connectivity index (χ0) is 48.0. The van der Waals surface area contributed by atoms with Gasteiger partial charge in [-0.3, -0.25) is 29.4 Å². The van der Waals surface area contributed by atoms with Crippen molar-refractivity contribution in [1.29, 1.82) is 0 Å². The van der Waals surface area contributed by atoms with Crippen molar-refractivity contribution in [3.05, 3.63) is 94.9 Å². The molecule has 1 unspecified atom stereocenters. The summed E-state index contributed by atoms with van der Waals surface area (Å²) in [6.45, 7) is 14.9. The molecule has 6 heterocycles. The SMILES string of the molecule is C=CCCC(C(=O)NC)N1Cc2cc(N3CCC(N4CCN(C5CCN(c6cc(OC)c(Nc7ncc(Br)c(Nc8ccc9nccnc9c8NSC)n7)cc6CC)CC5)CC4)CC3)ccc2C1=O. The fraction of sp³-hybridized carbons (Fsp3) is 0.451. The Bertz CT molecular complexity index is 2650. The van der Waals surface area contributed by atoms with Crippen LogP contribution in [0.4, 0.5) is 40.2 Å². The minimum absolute atomic E-state index is 0.0609. The molecule has 364 valence electrons. The number of aromatic nitrogens is 4. The van der Waals surface area contributed by atoms with Crippen LogP contribution in [0.25, 0.3) is 11.0 Å². The van der Waals surface area contributed by atoms with Crippen LogP contribution in [-0.4, -0.2) is 137 Å². The van der Waals surface area contributed by atoms with E-state index in [1.165, 1.54) is 28.9 Å². The fourth-order valence-electron chi connectivity index (χ4n) is 10.6. The van der Waals surface area contributed by atoms with Crippen LogP contribution in [0.15, 0.2) is 78.2 Å². The number of nitrogens with zero attached hydrogens (tertiary/aromatic N) is 9. The number of nitrogens with one attached hydrogen (secondary N) is 4. The van der Waals surface area contributed by atoms with Crippen LogP contribution in [0.1, 0.15) is 66.9 Å². The lowest BCUT2D eigenvalue weighted by molar-refractivity contribution is -0.125. The molecule has 2 amide bonds. The molecule has 9 rings (SSSR count). The maximum absolute atomic E-state index is 13.4. The number of piperazine rings is 1. The molecule has 3 saturated heterocycles. The van der Waals surface area contributed by atoms with E-state index in [9.17, 15) is 9.59 Å². The summed E-state index contributed by atoms with van der Waals surface area (Å²) in [5.74, 6) is 1.60. The highest BCUT2D eigenvalue weighted by molar-refractivity contribution is 9.10. The van der Waals surface area contributed by atoms with E-state index in [1.807, 2.05) is 24.5 Å². The van der Waals surface area contributed by atoms with Crippen LogP contribution >= 0.6 is 27.9 Å². The van der Waals surface area contributed by atoms with Crippen LogP contribution in [0.5, 0.6) is 5.75 Å². The normalized spacial score (nSPS) is 17.8. The first-order chi connectivity index (χ1) is 33.7. The van der Waals surface area contributed by atoms with Gasteiger partial charge in [0, 0.05) is 126 Å². The summed E-state index contributed by atoms with van der Waals surface area (Å²) < 4.78 is 10.1. The van der Waals surface area contributed by atoms with Gasteiger partial charge in [0.25, 0.3) is 5.91 Å². The number of benzene rings is 3. The van der Waals surface area contributed by atoms with Gasteiger partial charge in [-0.2, -0.15) is 4.98 Å². The first kappa shape index (κ1) is 48.3. The van der Waals surface area contributed by atoms with Crippen molar-refractivity contribution in [2.75, 3.05) is 97.9 Å². The molecule has 0 spiro atoms. The number of carbonyl (C=O) groups excluding carboxylic acids is 2. The summed E-state index contributed by atoms with van der Waals surface area (Å²) in [4.78, 5) is 56.9. The molecule has 3 aromatic carbocycles. The monoisotopic (exact) mass is 1020 g/mol. The third-order valence-electron chi connectivity index (χ3n) is 14.4. The second-order valence-electron chi connectivity index (χ2n) is 18.2. The molecule has 3 fully saturated rings. The molecule has 0 radical (unpaired) electrons. The van der Waals surface area contributed by atoms with Gasteiger partial charge in [-0.25, -0.2) is 4.98 Å². The minimum Gasteiger partial charge on any atom is -0.494 e. The largest absolute Gasteiger partial charge is 0.494 e. The van der Waals surface area contributed by atoms with E-state index in [4.69, 9.17) is 9.72 Å². The molecular weight excluding hydrogens is 955 g/mol. The second kappa shape index (κ2) is 21.9. The fourth-order valence-corrected chi connectivity index (χ4v) is 11.3. The smallest absolute Gasteiger partial charge is 0.255 e. The number of ether oxygens (including phenoxy) is 1. The Morgan fingerprint density at radius 3 is 2.29 bits per heavy atom. The van der Waals surface area contributed by atoms with Crippen molar-refractivity contribution in [1.82, 2.24) is 40.0 Å². The van der Waals surface area contributed by atoms with Gasteiger partial charge < -0.3 is 40.1 Å². The van der Waals surface area contributed by atoms with E-state index in [-0.39, 0.29) is 11.8 Å². The number of rotatable bonds is 17. The highest BCUT2D eigenvalue weighted by Crippen LogP contribution is 2.39. The number of aryl methyl sites for hydroxylation is 1. The zero-order valence-electron chi connectivity index (χ0n) is 40.1. The highest BCUT2D eigenvalue weighted by atomic mass is 79.9. The Morgan fingerprint density at radius 2 is 1.62 bits per heavy atom. The lowest BCUT2D eigenvalue weighted by atomic mass is 9.98. The van der Waals surface area contributed by atoms with Crippen molar-refractivity contribution in [2.24, 2.45) is 0 Å². The summed E-state index contributed by atoms with van der Waals surface area (Å²) in [6, 6.07) is 15.2. The van der Waals surface area contributed by atoms with Crippen LogP contribution in [0, 0.1) is 0 Å². The van der Waals surface area contributed by atoms with Crippen LogP contribution in [0.2, 0.25) is 0 Å². The van der Waals surface area contributed by atoms with E-state index in [0.717, 1.165) is 128 Å². The lowest BCUT2D eigenvalue weighted by Crippen LogP contribution is -2.56. The van der Waals surface area contributed by atoms with E-state index in [0.29, 0.717) is 48.8 Å². The third-order valence-corrected chi connectivity index (χ3v) is 15.4. The number of amides is 2. The van der Waals surface area contributed by atoms with Crippen LogP contribution < -0.4 is 35.2 Å². The molecule has 18 heteroatoms. The Balaban J connectivity index is 0.767. The molecule has 0 saturated carbocycles. The van der Waals surface area contributed by atoms with Gasteiger partial charge in [0.2, 0.25) is 11.9 Å². The summed E-state index contributed by atoms with van der Waals surface area (Å²) in [5, 5.41) is 9.67. The Hall–Kier alpha value is -5.69. The second-order valence-corrected chi connectivity index (χ2v) is 19.6. The van der Waals surface area contributed by atoms with Gasteiger partial charge in [0.05, 0.1) is 34.2 Å². The van der Waals surface area contributed by atoms with E-state index in [1.54, 1.807) is 43.7 Å². The first-order valence-electron chi connectivity index (χ1n) is 24.2. The quantitative estimate of drug-likeness (QED) is 0.0521. The summed E-state index contributed by atoms with van der Waals surface area (Å²) in [7, 11) is 3.35. The Morgan fingerprint density at radius 1 is 0.913 bits per heavy atom. The van der Waals surface area contributed by atoms with E-state index in [2.05, 4.69) is 109 Å². The van der Waals surface area contributed by atoms with Crippen LogP contribution in [0.3, 0.4) is 0 Å². The molecule has 69 heavy (non-hydrogen) atoms. The van der Waals surface area contributed by atoms with Gasteiger partial charge >= 0.3 is 0 Å². The summed E-state index contributed by atoms with van der Waals surface area (Å²) in [5.41, 5.74) is 9.39. The standard InChI is InChI=1S/C51H64BrN13O3S/c1-6-8-9-43(49(66)53-3)65-32-34-28-37(10-11-38(34)50(65)67)61-20-14-35(15-21-61)62-24-26-63(27-25-62)36-16-22-64(23-17-36)44-30-45(68-4)42(29-33(44)7-2)58-51-56-31-39(52)48(59-51)57-41-13-12-40-46(47(41)60-69-5)55-19-18-54-40/h6,10-13,18-19,28-31,35-36,43,60H,1,7-9,14-17,20-27,32H2,2-5H3,(H,53,66)(H2,56,57,58,59). The average molecular weight is 1020 g/mol. The van der Waals surface area contributed by atoms with E-state index >= 15 is 0 Å². The number of hydrogen-bond donors (Lipinski definition) is 4. The van der Waals surface area contributed by atoms with Crippen molar-refractivity contribution < 1.29 is 14.3 Å². The number of hydrogen-bond acceptors (Lipinski definition) is 15. The maximum atomic E-state index is 13.4. The Kier molecular flexibility index (Phi) is 15.4. The predicted molar refractivity (Wildman–Crippen MR) is 283 cm³/mol. The zero-order valence-corrected chi connectivity index (χ0v) is 42.5. The molecule has 4 N–H and O–H groups in total. The topological polar surface area (TPSA) is 159 Å². The molecule has 0 aliphatic carbocycles. The summed E-state index contributed by atoms with van der Waals surface area (Å²) in [6.07, 6.45) is 15.6. The number of allylic oxidation sites excluding steroid dienone is 1. The van der Waals surface area contributed by atoms with Gasteiger partial charge in [-0.05, 0) is 108 Å². The molecule has 4 aliphatic rings. The third kappa shape index (κ3) is 10.4. The number of carbonyl (C=O) groups is 2. The molecule has 4 aliphatic heterocycles. The molecule has 5 aromatic rings. The van der Waals surface area contributed by atoms with Crippen LogP contribution in [-0.2, 0) is 17.8 Å². The van der Waals surface area contributed by atoms with Gasteiger partial charge in [-0.1, -0.05) is 24.9 Å². The van der Waals surface area contributed by atoms with Crippen molar-refractivity contribution >= 4 is 90.9 Å². The van der Waals surface area contributed by atoms with Crippen molar-refractivity contribution in [2.45, 2.75) is 76.5 Å². The highest BCUT2D eigenvalue weighted by Gasteiger charge is 2.37. The molecule has 16 nitrogen and oxygen atoms in total. The molecule has 1 atom stereocenters. The maximum Gasteiger partial charge on any atom is 0.255 e. The first-order valence-corrected chi connectivity index (χ1v) is 26.3. The number of halogens is 1. The number of fused-ring (bicyclic) bond motifs is 2. The van der Waals surface area contributed by atoms with Gasteiger partial charge in [0.15, 0.2) is 0 Å². The van der Waals surface area contributed by atoms with Crippen molar-refractivity contribution in [3.63, 3.8) is 0 Å². The average Bonchev–Trinajstić information content (AvgIpc) is 3.72. The molecule has 2 aromatic heterocycles. The number of piperidine rings is 2. The van der Waals surface area contributed by atoms with Crippen molar-refractivity contribution in [3.8, 4) is 5.75 Å². The number of methoxy groups -OCH3 is 1. The predicted octanol–water partition coefficient (Wildman–Crippen LogP) is 8.22. The number of likely N-dealkylation sites (N-methyl/N-ethyl adjacent to an activating group) is 1. The van der Waals surface area contributed by atoms with Gasteiger partial charge in [0.1, 0.15) is 23.1 Å². The molecular formula is C51H64BrN13O3S. The minimum atomic E-state index is -0.497. The summed E-state index contributed by atoms with van der Waals surface area (Å²) >= 11 is 5.13.